The number of methoxy groups -OCH3 is 1. The van der Waals surface area contributed by atoms with E-state index in [-0.39, 0.29) is 5.91 Å². The van der Waals surface area contributed by atoms with Crippen molar-refractivity contribution in [3.05, 3.63) is 36.0 Å². The van der Waals surface area contributed by atoms with Crippen molar-refractivity contribution in [3.63, 3.8) is 0 Å². The maximum Gasteiger partial charge on any atom is 0.233 e. The van der Waals surface area contributed by atoms with E-state index < -0.39 is 0 Å². The Morgan fingerprint density at radius 2 is 1.96 bits per heavy atom. The fourth-order valence-electron chi connectivity index (χ4n) is 3.01. The highest BCUT2D eigenvalue weighted by atomic mass is 32.2. The van der Waals surface area contributed by atoms with E-state index in [4.69, 9.17) is 4.74 Å². The second kappa shape index (κ2) is 8.54. The summed E-state index contributed by atoms with van der Waals surface area (Å²) in [6.45, 7) is 5.21. The third-order valence-corrected chi connectivity index (χ3v) is 5.44. The molecule has 1 saturated heterocycles. The van der Waals surface area contributed by atoms with Crippen LogP contribution in [-0.4, -0.2) is 52.9 Å². The molecule has 0 aliphatic carbocycles. The summed E-state index contributed by atoms with van der Waals surface area (Å²) in [5.41, 5.74) is 3.43. The number of aromatic nitrogens is 2. The lowest BCUT2D eigenvalue weighted by Gasteiger charge is -2.15. The molecule has 0 spiro atoms. The van der Waals surface area contributed by atoms with E-state index in [0.29, 0.717) is 12.4 Å². The quantitative estimate of drug-likeness (QED) is 0.712. The molecule has 1 amide bonds. The molecule has 25 heavy (non-hydrogen) atoms. The number of nitrogens with zero attached hydrogens (tertiary/aromatic N) is 3. The summed E-state index contributed by atoms with van der Waals surface area (Å²) < 4.78 is 7.40. The van der Waals surface area contributed by atoms with Crippen LogP contribution in [0, 0.1) is 6.92 Å². The van der Waals surface area contributed by atoms with Crippen molar-refractivity contribution in [1.29, 1.82) is 0 Å². The zero-order valence-corrected chi connectivity index (χ0v) is 15.7. The van der Waals surface area contributed by atoms with E-state index in [2.05, 4.69) is 40.7 Å². The summed E-state index contributed by atoms with van der Waals surface area (Å²) in [6.07, 6.45) is 4.13. The highest BCUT2D eigenvalue weighted by Crippen LogP contribution is 2.27. The van der Waals surface area contributed by atoms with E-state index in [1.54, 1.807) is 7.11 Å². The Kier molecular flexibility index (Phi) is 6.15. The second-order valence-electron chi connectivity index (χ2n) is 6.31. The minimum absolute atomic E-state index is 0.209. The van der Waals surface area contributed by atoms with Crippen molar-refractivity contribution < 1.29 is 9.53 Å². The van der Waals surface area contributed by atoms with Gasteiger partial charge in [-0.3, -0.25) is 4.79 Å². The molecule has 0 N–H and O–H groups in total. The number of benzene rings is 1. The molecule has 3 rings (SSSR count). The molecule has 1 aromatic carbocycles. The molecule has 1 aliphatic heterocycles. The summed E-state index contributed by atoms with van der Waals surface area (Å²) in [6, 6.07) is 8.43. The summed E-state index contributed by atoms with van der Waals surface area (Å²) in [5, 5.41) is 0.875. The standard InChI is InChI=1S/C19H25N3O2S/c1-15-5-7-16(8-6-15)17-13-20-19(22(17)11-12-24-2)25-14-18(23)21-9-3-4-10-21/h5-8,13H,3-4,9-12,14H2,1-2H3. The van der Waals surface area contributed by atoms with Gasteiger partial charge >= 0.3 is 0 Å². The molecule has 0 unspecified atom stereocenters. The fraction of sp³-hybridized carbons (Fsp3) is 0.474. The molecule has 5 nitrogen and oxygen atoms in total. The summed E-state index contributed by atoms with van der Waals surface area (Å²) in [4.78, 5) is 18.8. The zero-order valence-electron chi connectivity index (χ0n) is 14.9. The Morgan fingerprint density at radius 3 is 2.64 bits per heavy atom. The average Bonchev–Trinajstić information content (AvgIpc) is 3.28. The number of carbonyl (C=O) groups is 1. The largest absolute Gasteiger partial charge is 0.383 e. The van der Waals surface area contributed by atoms with Crippen LogP contribution in [-0.2, 0) is 16.1 Å². The van der Waals surface area contributed by atoms with Gasteiger partial charge in [0.25, 0.3) is 0 Å². The van der Waals surface area contributed by atoms with Crippen molar-refractivity contribution in [2.24, 2.45) is 0 Å². The van der Waals surface area contributed by atoms with Crippen molar-refractivity contribution in [2.75, 3.05) is 32.6 Å². The SMILES string of the molecule is COCCn1c(-c2ccc(C)cc2)cnc1SCC(=O)N1CCCC1. The van der Waals surface area contributed by atoms with Crippen LogP contribution in [0.4, 0.5) is 0 Å². The number of aryl methyl sites for hydroxylation is 1. The second-order valence-corrected chi connectivity index (χ2v) is 7.26. The molecule has 2 heterocycles. The van der Waals surface area contributed by atoms with Crippen LogP contribution in [0.2, 0.25) is 0 Å². The number of ether oxygens (including phenoxy) is 1. The van der Waals surface area contributed by atoms with Crippen LogP contribution in [0.15, 0.2) is 35.6 Å². The first-order valence-electron chi connectivity index (χ1n) is 8.71. The Labute approximate surface area is 153 Å². The Hall–Kier alpha value is -1.79. The van der Waals surface area contributed by atoms with Crippen molar-refractivity contribution >= 4 is 17.7 Å². The average molecular weight is 359 g/mol. The fourth-order valence-corrected chi connectivity index (χ4v) is 3.92. The van der Waals surface area contributed by atoms with E-state index in [0.717, 1.165) is 48.9 Å². The van der Waals surface area contributed by atoms with Gasteiger partial charge in [0.15, 0.2) is 5.16 Å². The van der Waals surface area contributed by atoms with Gasteiger partial charge in [-0.15, -0.1) is 0 Å². The number of hydrogen-bond acceptors (Lipinski definition) is 4. The molecule has 1 fully saturated rings. The van der Waals surface area contributed by atoms with Gasteiger partial charge < -0.3 is 14.2 Å². The summed E-state index contributed by atoms with van der Waals surface area (Å²) in [7, 11) is 1.70. The molecule has 2 aromatic rings. The molecule has 0 atom stereocenters. The number of imidazole rings is 1. The number of hydrogen-bond donors (Lipinski definition) is 0. The van der Waals surface area contributed by atoms with Crippen LogP contribution in [0.5, 0.6) is 0 Å². The molecule has 0 radical (unpaired) electrons. The third-order valence-electron chi connectivity index (χ3n) is 4.47. The normalized spacial score (nSPS) is 14.2. The van der Waals surface area contributed by atoms with E-state index in [1.807, 2.05) is 11.1 Å². The van der Waals surface area contributed by atoms with Gasteiger partial charge in [-0.25, -0.2) is 4.98 Å². The first-order chi connectivity index (χ1) is 12.2. The summed E-state index contributed by atoms with van der Waals surface area (Å²) in [5.74, 6) is 0.651. The summed E-state index contributed by atoms with van der Waals surface area (Å²) >= 11 is 1.52. The maximum atomic E-state index is 12.3. The van der Waals surface area contributed by atoms with Crippen LogP contribution < -0.4 is 0 Å². The number of thioether (sulfide) groups is 1. The number of rotatable bonds is 7. The predicted molar refractivity (Wildman–Crippen MR) is 101 cm³/mol. The van der Waals surface area contributed by atoms with Gasteiger partial charge in [-0.2, -0.15) is 0 Å². The highest BCUT2D eigenvalue weighted by molar-refractivity contribution is 7.99. The van der Waals surface area contributed by atoms with Gasteiger partial charge in [0.1, 0.15) is 0 Å². The first kappa shape index (κ1) is 18.0. The van der Waals surface area contributed by atoms with Gasteiger partial charge in [-0.05, 0) is 25.3 Å². The maximum absolute atomic E-state index is 12.3. The van der Waals surface area contributed by atoms with E-state index in [9.17, 15) is 4.79 Å². The molecule has 1 aromatic heterocycles. The number of amides is 1. The molecule has 6 heteroatoms. The van der Waals surface area contributed by atoms with Crippen LogP contribution in [0.3, 0.4) is 0 Å². The van der Waals surface area contributed by atoms with Crippen LogP contribution >= 0.6 is 11.8 Å². The minimum atomic E-state index is 0.209. The Bertz CT molecular complexity index is 706. The van der Waals surface area contributed by atoms with Gasteiger partial charge in [0, 0.05) is 26.7 Å². The number of likely N-dealkylation sites (tertiary alicyclic amines) is 1. The zero-order chi connectivity index (χ0) is 17.6. The lowest BCUT2D eigenvalue weighted by molar-refractivity contribution is -0.127. The molecular weight excluding hydrogens is 334 g/mol. The topological polar surface area (TPSA) is 47.4 Å². The minimum Gasteiger partial charge on any atom is -0.383 e. The van der Waals surface area contributed by atoms with Crippen molar-refractivity contribution in [1.82, 2.24) is 14.5 Å². The number of carbonyl (C=O) groups excluding carboxylic acids is 1. The molecule has 0 bridgehead atoms. The highest BCUT2D eigenvalue weighted by Gasteiger charge is 2.19. The van der Waals surface area contributed by atoms with Crippen molar-refractivity contribution in [2.45, 2.75) is 31.5 Å². The predicted octanol–water partition coefficient (Wildman–Crippen LogP) is 3.22. The third kappa shape index (κ3) is 4.44. The van der Waals surface area contributed by atoms with Crippen LogP contribution in [0.25, 0.3) is 11.3 Å². The lowest BCUT2D eigenvalue weighted by Crippen LogP contribution is -2.29. The van der Waals surface area contributed by atoms with E-state index in [1.165, 1.54) is 17.3 Å². The molecule has 134 valence electrons. The van der Waals surface area contributed by atoms with Crippen LogP contribution in [0.1, 0.15) is 18.4 Å². The van der Waals surface area contributed by atoms with Gasteiger partial charge in [0.05, 0.1) is 24.3 Å². The molecule has 0 saturated carbocycles. The van der Waals surface area contributed by atoms with Crippen molar-refractivity contribution in [3.8, 4) is 11.3 Å². The van der Waals surface area contributed by atoms with Gasteiger partial charge in [0.2, 0.25) is 5.91 Å². The smallest absolute Gasteiger partial charge is 0.233 e. The van der Waals surface area contributed by atoms with Gasteiger partial charge in [-0.1, -0.05) is 41.6 Å². The molecule has 1 aliphatic rings. The monoisotopic (exact) mass is 359 g/mol. The first-order valence-corrected chi connectivity index (χ1v) is 9.69. The Balaban J connectivity index is 1.76. The Morgan fingerprint density at radius 1 is 1.24 bits per heavy atom. The molecular formula is C19H25N3O2S. The van der Waals surface area contributed by atoms with E-state index >= 15 is 0 Å². The lowest BCUT2D eigenvalue weighted by atomic mass is 10.1.